The molecule has 0 unspecified atom stereocenters. The van der Waals surface area contributed by atoms with Crippen molar-refractivity contribution in [3.8, 4) is 0 Å². The topological polar surface area (TPSA) is 102 Å². The van der Waals surface area contributed by atoms with Crippen LogP contribution in [0.5, 0.6) is 0 Å². The van der Waals surface area contributed by atoms with E-state index in [1.54, 1.807) is 0 Å². The summed E-state index contributed by atoms with van der Waals surface area (Å²) in [5.74, 6) is -1.24. The molecule has 9 nitrogen and oxygen atoms in total. The van der Waals surface area contributed by atoms with Crippen molar-refractivity contribution in [2.24, 2.45) is 0 Å². The van der Waals surface area contributed by atoms with E-state index in [2.05, 4.69) is 26.7 Å². The zero-order chi connectivity index (χ0) is 23.8. The predicted molar refractivity (Wildman–Crippen MR) is 127 cm³/mol. The molecule has 0 fully saturated rings. The van der Waals surface area contributed by atoms with Crippen molar-refractivity contribution < 1.29 is 23.8 Å². The number of ether oxygens (including phenoxy) is 3. The molecule has 0 bridgehead atoms. The second kappa shape index (κ2) is 23.4. The molecular formula is C23H50N4O5. The van der Waals surface area contributed by atoms with E-state index in [1.807, 2.05) is 20.8 Å². The molecule has 0 aromatic heterocycles. The van der Waals surface area contributed by atoms with E-state index in [-0.39, 0.29) is 0 Å². The van der Waals surface area contributed by atoms with Gasteiger partial charge in [-0.25, -0.2) is 5.43 Å². The second-order valence-corrected chi connectivity index (χ2v) is 7.77. The Morgan fingerprint density at radius 2 is 1.19 bits per heavy atom. The van der Waals surface area contributed by atoms with Crippen molar-refractivity contribution in [2.45, 2.75) is 104 Å². The minimum atomic E-state index is -0.844. The van der Waals surface area contributed by atoms with Crippen LogP contribution in [-0.4, -0.2) is 51.4 Å². The van der Waals surface area contributed by atoms with Gasteiger partial charge in [0.05, 0.1) is 0 Å². The molecule has 32 heavy (non-hydrogen) atoms. The highest BCUT2D eigenvalue weighted by Crippen LogP contribution is 2.24. The van der Waals surface area contributed by atoms with Gasteiger partial charge in [-0.3, -0.25) is 4.79 Å². The van der Waals surface area contributed by atoms with Crippen molar-refractivity contribution in [3.63, 3.8) is 0 Å². The maximum atomic E-state index is 10.5. The largest absolute Gasteiger partial charge is 0.355 e. The first-order chi connectivity index (χ1) is 15.6. The van der Waals surface area contributed by atoms with Crippen LogP contribution in [0.1, 0.15) is 98.3 Å². The zero-order valence-corrected chi connectivity index (χ0v) is 21.1. The molecule has 4 N–H and O–H groups in total. The van der Waals surface area contributed by atoms with E-state index in [0.29, 0.717) is 19.8 Å². The highest BCUT2D eigenvalue weighted by Gasteiger charge is 2.31. The number of hydrazine groups is 2. The first-order valence-electron chi connectivity index (χ1n) is 12.6. The Hall–Kier alpha value is -0.810. The van der Waals surface area contributed by atoms with Gasteiger partial charge in [0.1, 0.15) is 0 Å². The van der Waals surface area contributed by atoms with Crippen LogP contribution in [0.4, 0.5) is 0 Å². The van der Waals surface area contributed by atoms with Gasteiger partial charge in [0, 0.05) is 46.3 Å². The van der Waals surface area contributed by atoms with Crippen LogP contribution in [-0.2, 0) is 23.8 Å². The smallest absolute Gasteiger partial charge is 0.323 e. The molecule has 0 radical (unpaired) electrons. The minimum Gasteiger partial charge on any atom is -0.355 e. The zero-order valence-electron chi connectivity index (χ0n) is 21.1. The van der Waals surface area contributed by atoms with Gasteiger partial charge in [0.25, 0.3) is 5.97 Å². The fourth-order valence-electron chi connectivity index (χ4n) is 3.48. The quantitative estimate of drug-likeness (QED) is 0.0918. The molecule has 0 saturated heterocycles. The molecule has 0 saturated carbocycles. The van der Waals surface area contributed by atoms with Crippen LogP contribution in [0.2, 0.25) is 0 Å². The third-order valence-electron chi connectivity index (χ3n) is 4.94. The van der Waals surface area contributed by atoms with Crippen molar-refractivity contribution in [2.75, 3.05) is 39.5 Å². The van der Waals surface area contributed by atoms with Gasteiger partial charge in [-0.15, -0.1) is 0 Å². The highest BCUT2D eigenvalue weighted by molar-refractivity contribution is 5.65. The van der Waals surface area contributed by atoms with Gasteiger partial charge < -0.3 is 24.4 Å². The highest BCUT2D eigenvalue weighted by atomic mass is 16.9. The molecule has 192 valence electrons. The maximum Gasteiger partial charge on any atom is 0.323 e. The number of nitrogens with one attached hydrogen (secondary N) is 4. The summed E-state index contributed by atoms with van der Waals surface area (Å²) in [5.41, 5.74) is 7.77. The molecule has 0 amide bonds. The van der Waals surface area contributed by atoms with Crippen LogP contribution < -0.4 is 21.9 Å². The number of hydrogen-bond donors (Lipinski definition) is 4. The summed E-state index contributed by atoms with van der Waals surface area (Å²) in [6.07, 6.45) is 13.4. The number of carbonyl (C=O) groups is 1. The molecule has 0 atom stereocenters. The van der Waals surface area contributed by atoms with Crippen molar-refractivity contribution in [1.29, 1.82) is 0 Å². The van der Waals surface area contributed by atoms with Gasteiger partial charge in [0.2, 0.25) is 0 Å². The molecule has 0 heterocycles. The average molecular weight is 463 g/mol. The van der Waals surface area contributed by atoms with E-state index in [4.69, 9.17) is 14.2 Å². The summed E-state index contributed by atoms with van der Waals surface area (Å²) in [7, 11) is 0. The van der Waals surface area contributed by atoms with Crippen LogP contribution in [0.25, 0.3) is 0 Å². The lowest BCUT2D eigenvalue weighted by Crippen LogP contribution is -2.46. The Morgan fingerprint density at radius 1 is 0.688 bits per heavy atom. The lowest BCUT2D eigenvalue weighted by atomic mass is 10.1. The number of carbonyl (C=O) groups excluding carboxylic acids is 1. The SMILES string of the molecule is CCOC(CCCCCCCCCCCCNCCNNNOC(C)=O)(OCC)OCC. The van der Waals surface area contributed by atoms with Crippen molar-refractivity contribution in [3.05, 3.63) is 0 Å². The van der Waals surface area contributed by atoms with Crippen molar-refractivity contribution >= 4 is 5.97 Å². The summed E-state index contributed by atoms with van der Waals surface area (Å²) < 4.78 is 17.3. The van der Waals surface area contributed by atoms with Gasteiger partial charge >= 0.3 is 5.97 Å². The summed E-state index contributed by atoms with van der Waals surface area (Å²) in [4.78, 5) is 15.0. The Balaban J connectivity index is 3.39. The van der Waals surface area contributed by atoms with Gasteiger partial charge in [0.15, 0.2) is 0 Å². The normalized spacial score (nSPS) is 11.8. The molecule has 0 aromatic carbocycles. The lowest BCUT2D eigenvalue weighted by molar-refractivity contribution is -0.380. The number of unbranched alkanes of at least 4 members (excludes halogenated alkanes) is 9. The third-order valence-corrected chi connectivity index (χ3v) is 4.94. The standard InChI is InChI=1S/C23H50N4O5/c1-5-29-23(30-6-2,31-7-3)18-16-14-12-10-8-9-11-13-15-17-19-24-20-21-25-26-27-32-22(4)28/h24-27H,5-21H2,1-4H3. The maximum absolute atomic E-state index is 10.5. The summed E-state index contributed by atoms with van der Waals surface area (Å²) in [6.45, 7) is 11.7. The number of hydrogen-bond acceptors (Lipinski definition) is 9. The fraction of sp³-hybridized carbons (Fsp3) is 0.957. The molecule has 0 aliphatic heterocycles. The minimum absolute atomic E-state index is 0.391. The first-order valence-corrected chi connectivity index (χ1v) is 12.6. The molecule has 9 heteroatoms. The van der Waals surface area contributed by atoms with Crippen molar-refractivity contribution in [1.82, 2.24) is 21.9 Å². The Kier molecular flexibility index (Phi) is 22.8. The first kappa shape index (κ1) is 31.2. The van der Waals surface area contributed by atoms with Gasteiger partial charge in [-0.1, -0.05) is 57.0 Å². The van der Waals surface area contributed by atoms with E-state index in [1.165, 1.54) is 64.7 Å². The average Bonchev–Trinajstić information content (AvgIpc) is 2.75. The molecule has 0 rings (SSSR count). The molecule has 0 aromatic rings. The molecule has 0 aliphatic carbocycles. The molecule has 0 aliphatic rings. The molecule has 0 spiro atoms. The summed E-state index contributed by atoms with van der Waals surface area (Å²) >= 11 is 0. The summed E-state index contributed by atoms with van der Waals surface area (Å²) in [6, 6.07) is 0. The Bertz CT molecular complexity index is 399. The lowest BCUT2D eigenvalue weighted by Gasteiger charge is -2.32. The second-order valence-electron chi connectivity index (χ2n) is 7.77. The van der Waals surface area contributed by atoms with E-state index in [0.717, 1.165) is 32.5 Å². The van der Waals surface area contributed by atoms with Crippen LogP contribution in [0.15, 0.2) is 0 Å². The van der Waals surface area contributed by atoms with E-state index < -0.39 is 11.9 Å². The van der Waals surface area contributed by atoms with E-state index in [9.17, 15) is 4.79 Å². The van der Waals surface area contributed by atoms with Gasteiger partial charge in [-0.2, -0.15) is 5.53 Å². The summed E-state index contributed by atoms with van der Waals surface area (Å²) in [5, 5.41) is 3.39. The predicted octanol–water partition coefficient (Wildman–Crippen LogP) is 3.71. The Morgan fingerprint density at radius 3 is 1.69 bits per heavy atom. The van der Waals surface area contributed by atoms with Crippen LogP contribution >= 0.6 is 0 Å². The Labute approximate surface area is 195 Å². The monoisotopic (exact) mass is 462 g/mol. The van der Waals surface area contributed by atoms with Gasteiger partial charge in [-0.05, 0) is 40.2 Å². The van der Waals surface area contributed by atoms with E-state index >= 15 is 0 Å². The molecular weight excluding hydrogens is 412 g/mol. The number of rotatable bonds is 25. The third kappa shape index (κ3) is 19.8. The van der Waals surface area contributed by atoms with Crippen LogP contribution in [0, 0.1) is 0 Å². The fourth-order valence-corrected chi connectivity index (χ4v) is 3.48. The van der Waals surface area contributed by atoms with Crippen LogP contribution in [0.3, 0.4) is 0 Å².